The molecule has 4 nitrogen and oxygen atoms in total. The van der Waals surface area contributed by atoms with Crippen LogP contribution in [0.25, 0.3) is 0 Å². The summed E-state index contributed by atoms with van der Waals surface area (Å²) in [6.07, 6.45) is 0.726. The SMILES string of the molecule is Cc1nc2c([nH]1)CCN(C(=O)c1cccc(Cl)c1Cl)C2c1ccccc1. The minimum atomic E-state index is -0.257. The zero-order valence-electron chi connectivity index (χ0n) is 14.2. The van der Waals surface area contributed by atoms with Crippen LogP contribution in [0.15, 0.2) is 48.5 Å². The van der Waals surface area contributed by atoms with Gasteiger partial charge in [-0.1, -0.05) is 59.6 Å². The van der Waals surface area contributed by atoms with Crippen LogP contribution in [0.4, 0.5) is 0 Å². The molecule has 2 heterocycles. The molecule has 4 rings (SSSR count). The first kappa shape index (κ1) is 17.1. The zero-order chi connectivity index (χ0) is 18.3. The summed E-state index contributed by atoms with van der Waals surface area (Å²) in [5.41, 5.74) is 3.41. The highest BCUT2D eigenvalue weighted by Gasteiger charge is 2.35. The molecule has 0 saturated heterocycles. The number of fused-ring (bicyclic) bond motifs is 1. The van der Waals surface area contributed by atoms with Crippen molar-refractivity contribution in [2.45, 2.75) is 19.4 Å². The molecule has 3 aromatic rings. The number of nitrogens with one attached hydrogen (secondary N) is 1. The maximum absolute atomic E-state index is 13.3. The van der Waals surface area contributed by atoms with E-state index in [2.05, 4.69) is 9.97 Å². The normalized spacial score (nSPS) is 16.4. The topological polar surface area (TPSA) is 49.0 Å². The molecule has 1 N–H and O–H groups in total. The van der Waals surface area contributed by atoms with Gasteiger partial charge in [0.15, 0.2) is 0 Å². The smallest absolute Gasteiger partial charge is 0.256 e. The summed E-state index contributed by atoms with van der Waals surface area (Å²) in [6.45, 7) is 2.51. The molecule has 1 atom stereocenters. The second-order valence-electron chi connectivity index (χ2n) is 6.35. The Kier molecular flexibility index (Phi) is 4.47. The number of carbonyl (C=O) groups is 1. The summed E-state index contributed by atoms with van der Waals surface area (Å²) in [5.74, 6) is 0.712. The molecule has 6 heteroatoms. The molecule has 0 spiro atoms. The molecule has 0 saturated carbocycles. The number of aromatic amines is 1. The van der Waals surface area contributed by atoms with E-state index in [9.17, 15) is 4.79 Å². The van der Waals surface area contributed by atoms with Gasteiger partial charge in [-0.05, 0) is 24.6 Å². The van der Waals surface area contributed by atoms with Crippen molar-refractivity contribution in [1.29, 1.82) is 0 Å². The predicted octanol–water partition coefficient (Wildman–Crippen LogP) is 4.81. The fourth-order valence-electron chi connectivity index (χ4n) is 3.50. The number of benzene rings is 2. The Hall–Kier alpha value is -2.30. The molecule has 1 aliphatic heterocycles. The Balaban J connectivity index is 1.82. The summed E-state index contributed by atoms with van der Waals surface area (Å²) in [7, 11) is 0. The van der Waals surface area contributed by atoms with Crippen LogP contribution in [0, 0.1) is 6.92 Å². The quantitative estimate of drug-likeness (QED) is 0.687. The van der Waals surface area contributed by atoms with Crippen LogP contribution in [-0.4, -0.2) is 27.3 Å². The van der Waals surface area contributed by atoms with Crippen LogP contribution in [0.5, 0.6) is 0 Å². The molecule has 26 heavy (non-hydrogen) atoms. The second-order valence-corrected chi connectivity index (χ2v) is 7.13. The molecule has 1 aromatic heterocycles. The minimum Gasteiger partial charge on any atom is -0.346 e. The third-order valence-corrected chi connectivity index (χ3v) is 5.48. The van der Waals surface area contributed by atoms with Gasteiger partial charge >= 0.3 is 0 Å². The first-order valence-electron chi connectivity index (χ1n) is 8.41. The lowest BCUT2D eigenvalue weighted by Gasteiger charge is -2.35. The van der Waals surface area contributed by atoms with Crippen LogP contribution in [0.3, 0.4) is 0 Å². The third-order valence-electron chi connectivity index (χ3n) is 4.66. The first-order chi connectivity index (χ1) is 12.6. The van der Waals surface area contributed by atoms with Gasteiger partial charge in [-0.25, -0.2) is 4.98 Å². The summed E-state index contributed by atoms with van der Waals surface area (Å²) >= 11 is 12.4. The van der Waals surface area contributed by atoms with Gasteiger partial charge in [0, 0.05) is 18.7 Å². The van der Waals surface area contributed by atoms with Crippen molar-refractivity contribution < 1.29 is 4.79 Å². The van der Waals surface area contributed by atoms with Crippen LogP contribution >= 0.6 is 23.2 Å². The average Bonchev–Trinajstić information content (AvgIpc) is 3.03. The maximum atomic E-state index is 13.3. The number of aryl methyl sites for hydroxylation is 1. The van der Waals surface area contributed by atoms with Gasteiger partial charge in [0.2, 0.25) is 0 Å². The fraction of sp³-hybridized carbons (Fsp3) is 0.200. The molecule has 132 valence electrons. The lowest BCUT2D eigenvalue weighted by atomic mass is 9.95. The fourth-order valence-corrected chi connectivity index (χ4v) is 3.88. The number of hydrogen-bond donors (Lipinski definition) is 1. The summed E-state index contributed by atoms with van der Waals surface area (Å²) in [5, 5.41) is 0.664. The van der Waals surface area contributed by atoms with E-state index in [1.54, 1.807) is 18.2 Å². The predicted molar refractivity (Wildman–Crippen MR) is 103 cm³/mol. The molecule has 1 aliphatic rings. The highest BCUT2D eigenvalue weighted by atomic mass is 35.5. The van der Waals surface area contributed by atoms with E-state index >= 15 is 0 Å². The maximum Gasteiger partial charge on any atom is 0.256 e. The van der Waals surface area contributed by atoms with Crippen molar-refractivity contribution in [3.8, 4) is 0 Å². The minimum absolute atomic E-state index is 0.141. The zero-order valence-corrected chi connectivity index (χ0v) is 15.7. The van der Waals surface area contributed by atoms with Gasteiger partial charge in [-0.15, -0.1) is 0 Å². The van der Waals surface area contributed by atoms with Gasteiger partial charge in [0.1, 0.15) is 11.9 Å². The van der Waals surface area contributed by atoms with E-state index in [0.29, 0.717) is 17.1 Å². The van der Waals surface area contributed by atoms with Crippen molar-refractivity contribution >= 4 is 29.1 Å². The molecule has 2 aromatic carbocycles. The van der Waals surface area contributed by atoms with E-state index in [-0.39, 0.29) is 17.0 Å². The molecule has 1 unspecified atom stereocenters. The van der Waals surface area contributed by atoms with Gasteiger partial charge in [-0.3, -0.25) is 4.79 Å². The third kappa shape index (κ3) is 2.89. The second kappa shape index (κ2) is 6.78. The molecular formula is C20H17Cl2N3O. The molecular weight excluding hydrogens is 369 g/mol. The van der Waals surface area contributed by atoms with Crippen LogP contribution in [0.2, 0.25) is 10.0 Å². The molecule has 0 fully saturated rings. The van der Waals surface area contributed by atoms with Gasteiger partial charge < -0.3 is 9.88 Å². The van der Waals surface area contributed by atoms with Crippen molar-refractivity contribution in [3.63, 3.8) is 0 Å². The van der Waals surface area contributed by atoms with Gasteiger partial charge in [0.25, 0.3) is 5.91 Å². The highest BCUT2D eigenvalue weighted by molar-refractivity contribution is 6.43. The van der Waals surface area contributed by atoms with Crippen molar-refractivity contribution in [2.75, 3.05) is 6.54 Å². The number of hydrogen-bond acceptors (Lipinski definition) is 2. The molecule has 1 amide bonds. The Morgan fingerprint density at radius 2 is 1.92 bits per heavy atom. The van der Waals surface area contributed by atoms with E-state index in [0.717, 1.165) is 29.2 Å². The van der Waals surface area contributed by atoms with Crippen molar-refractivity contribution in [1.82, 2.24) is 14.9 Å². The number of halogens is 2. The Labute approximate surface area is 161 Å². The lowest BCUT2D eigenvalue weighted by Crippen LogP contribution is -2.40. The van der Waals surface area contributed by atoms with Crippen molar-refractivity contribution in [3.05, 3.63) is 86.9 Å². The van der Waals surface area contributed by atoms with E-state index in [4.69, 9.17) is 23.2 Å². The number of imidazole rings is 1. The molecule has 0 bridgehead atoms. The van der Waals surface area contributed by atoms with Gasteiger partial charge in [0.05, 0.1) is 21.3 Å². The monoisotopic (exact) mass is 385 g/mol. The number of H-pyrrole nitrogens is 1. The first-order valence-corrected chi connectivity index (χ1v) is 9.17. The van der Waals surface area contributed by atoms with Crippen LogP contribution < -0.4 is 0 Å². The summed E-state index contributed by atoms with van der Waals surface area (Å²) in [4.78, 5) is 23.1. The number of nitrogens with zero attached hydrogens (tertiary/aromatic N) is 2. The van der Waals surface area contributed by atoms with Crippen molar-refractivity contribution in [2.24, 2.45) is 0 Å². The molecule has 0 radical (unpaired) electrons. The number of carbonyl (C=O) groups excluding carboxylic acids is 1. The highest BCUT2D eigenvalue weighted by Crippen LogP contribution is 2.36. The van der Waals surface area contributed by atoms with E-state index in [1.807, 2.05) is 42.2 Å². The summed E-state index contributed by atoms with van der Waals surface area (Å²) in [6, 6.07) is 14.8. The van der Waals surface area contributed by atoms with Crippen LogP contribution in [0.1, 0.15) is 39.2 Å². The summed E-state index contributed by atoms with van der Waals surface area (Å²) < 4.78 is 0. The lowest BCUT2D eigenvalue weighted by molar-refractivity contribution is 0.0691. The van der Waals surface area contributed by atoms with E-state index in [1.165, 1.54) is 0 Å². The molecule has 0 aliphatic carbocycles. The van der Waals surface area contributed by atoms with Crippen LogP contribution in [-0.2, 0) is 6.42 Å². The largest absolute Gasteiger partial charge is 0.346 e. The Morgan fingerprint density at radius 3 is 2.69 bits per heavy atom. The van der Waals surface area contributed by atoms with E-state index < -0.39 is 0 Å². The van der Waals surface area contributed by atoms with Gasteiger partial charge in [-0.2, -0.15) is 0 Å². The average molecular weight is 386 g/mol. The Bertz CT molecular complexity index is 968. The number of amides is 1. The Morgan fingerprint density at radius 1 is 1.15 bits per heavy atom. The number of rotatable bonds is 2. The standard InChI is InChI=1S/C20H17Cl2N3O/c1-12-23-16-10-11-25(20(26)14-8-5-9-15(21)17(14)22)19(18(16)24-12)13-6-3-2-4-7-13/h2-9,19H,10-11H2,1H3,(H,23,24). The number of aromatic nitrogens is 2.